The summed E-state index contributed by atoms with van der Waals surface area (Å²) in [6, 6.07) is 6.48. The number of ether oxygens (including phenoxy) is 1. The molecule has 1 aliphatic heterocycles. The lowest BCUT2D eigenvalue weighted by Gasteiger charge is -2.32. The molecule has 0 aliphatic carbocycles. The molecule has 1 aromatic carbocycles. The molecule has 0 spiro atoms. The summed E-state index contributed by atoms with van der Waals surface area (Å²) in [5, 5.41) is 3.16. The number of methoxy groups -OCH3 is 1. The van der Waals surface area contributed by atoms with Gasteiger partial charge in [-0.2, -0.15) is 4.31 Å². The van der Waals surface area contributed by atoms with E-state index >= 15 is 0 Å². The number of benzene rings is 1. The molecule has 0 saturated carbocycles. The van der Waals surface area contributed by atoms with Gasteiger partial charge in [0, 0.05) is 25.7 Å². The molecule has 7 heteroatoms. The summed E-state index contributed by atoms with van der Waals surface area (Å²) in [4.78, 5) is 11.5. The van der Waals surface area contributed by atoms with Gasteiger partial charge in [-0.3, -0.25) is 0 Å². The van der Waals surface area contributed by atoms with E-state index in [0.29, 0.717) is 30.8 Å². The van der Waals surface area contributed by atoms with Crippen LogP contribution in [-0.2, 0) is 20.5 Å². The van der Waals surface area contributed by atoms with Gasteiger partial charge in [0.2, 0.25) is 10.0 Å². The first-order valence-electron chi connectivity index (χ1n) is 6.81. The molecule has 0 bridgehead atoms. The Morgan fingerprint density at radius 3 is 2.90 bits per heavy atom. The standard InChI is InChI=1S/C14H20N2O4S/c1-11-9-15-6-7-16(11)21(18,19)10-12-4-3-5-13(8-12)14(17)20-2/h3-5,8,11,15H,6-7,9-10H2,1-2H3. The summed E-state index contributed by atoms with van der Waals surface area (Å²) in [5.41, 5.74) is 0.946. The Labute approximate surface area is 125 Å². The van der Waals surface area contributed by atoms with Crippen LogP contribution in [0.3, 0.4) is 0 Å². The number of rotatable bonds is 4. The highest BCUT2D eigenvalue weighted by molar-refractivity contribution is 7.88. The molecule has 21 heavy (non-hydrogen) atoms. The zero-order valence-corrected chi connectivity index (χ0v) is 13.0. The largest absolute Gasteiger partial charge is 0.465 e. The molecule has 1 aromatic rings. The normalized spacial score (nSPS) is 20.2. The fourth-order valence-corrected chi connectivity index (χ4v) is 4.19. The zero-order chi connectivity index (χ0) is 15.5. The number of piperazine rings is 1. The summed E-state index contributed by atoms with van der Waals surface area (Å²) >= 11 is 0. The number of hydrogen-bond donors (Lipinski definition) is 1. The van der Waals surface area contributed by atoms with Crippen molar-refractivity contribution in [3.63, 3.8) is 0 Å². The van der Waals surface area contributed by atoms with Crippen LogP contribution in [0.5, 0.6) is 0 Å². The van der Waals surface area contributed by atoms with Gasteiger partial charge in [0.1, 0.15) is 0 Å². The number of hydrogen-bond acceptors (Lipinski definition) is 5. The maximum Gasteiger partial charge on any atom is 0.337 e. The van der Waals surface area contributed by atoms with Crippen molar-refractivity contribution < 1.29 is 17.9 Å². The van der Waals surface area contributed by atoms with Crippen molar-refractivity contribution in [1.29, 1.82) is 0 Å². The van der Waals surface area contributed by atoms with Gasteiger partial charge >= 0.3 is 5.97 Å². The van der Waals surface area contributed by atoms with Gasteiger partial charge in [0.15, 0.2) is 0 Å². The predicted molar refractivity (Wildman–Crippen MR) is 79.4 cm³/mol. The van der Waals surface area contributed by atoms with Crippen molar-refractivity contribution in [2.75, 3.05) is 26.7 Å². The molecule has 2 rings (SSSR count). The van der Waals surface area contributed by atoms with Crippen molar-refractivity contribution >= 4 is 16.0 Å². The average Bonchev–Trinajstić information content (AvgIpc) is 2.46. The number of sulfonamides is 1. The minimum Gasteiger partial charge on any atom is -0.465 e. The molecule has 0 aromatic heterocycles. The van der Waals surface area contributed by atoms with Crippen LogP contribution in [0.2, 0.25) is 0 Å². The smallest absolute Gasteiger partial charge is 0.337 e. The van der Waals surface area contributed by atoms with Crippen LogP contribution in [0.15, 0.2) is 24.3 Å². The fourth-order valence-electron chi connectivity index (χ4n) is 2.44. The molecular formula is C14H20N2O4S. The van der Waals surface area contributed by atoms with E-state index in [1.807, 2.05) is 6.92 Å². The van der Waals surface area contributed by atoms with E-state index in [4.69, 9.17) is 0 Å². The predicted octanol–water partition coefficient (Wildman–Crippen LogP) is 0.597. The molecule has 0 radical (unpaired) electrons. The number of esters is 1. The number of nitrogens with one attached hydrogen (secondary N) is 1. The molecule has 1 saturated heterocycles. The van der Waals surface area contributed by atoms with Crippen LogP contribution in [-0.4, -0.2) is 51.5 Å². The second-order valence-electron chi connectivity index (χ2n) is 5.11. The van der Waals surface area contributed by atoms with E-state index in [1.165, 1.54) is 11.4 Å². The summed E-state index contributed by atoms with van der Waals surface area (Å²) in [6.45, 7) is 3.67. The third-order valence-electron chi connectivity index (χ3n) is 3.49. The first-order valence-corrected chi connectivity index (χ1v) is 8.42. The second kappa shape index (κ2) is 6.55. The summed E-state index contributed by atoms with van der Waals surface area (Å²) in [7, 11) is -2.09. The molecule has 116 valence electrons. The molecule has 1 heterocycles. The van der Waals surface area contributed by atoms with Gasteiger partial charge < -0.3 is 10.1 Å². The van der Waals surface area contributed by atoms with Gasteiger partial charge in [-0.1, -0.05) is 12.1 Å². The van der Waals surface area contributed by atoms with Gasteiger partial charge in [-0.25, -0.2) is 13.2 Å². The monoisotopic (exact) mass is 312 g/mol. The van der Waals surface area contributed by atoms with Crippen molar-refractivity contribution in [3.8, 4) is 0 Å². The van der Waals surface area contributed by atoms with E-state index < -0.39 is 16.0 Å². The Morgan fingerprint density at radius 1 is 1.48 bits per heavy atom. The number of carbonyl (C=O) groups excluding carboxylic acids is 1. The topological polar surface area (TPSA) is 75.7 Å². The average molecular weight is 312 g/mol. The number of nitrogens with zero attached hydrogens (tertiary/aromatic N) is 1. The van der Waals surface area contributed by atoms with E-state index in [9.17, 15) is 13.2 Å². The Hall–Kier alpha value is -1.44. The Morgan fingerprint density at radius 2 is 2.24 bits per heavy atom. The molecule has 1 unspecified atom stereocenters. The maximum atomic E-state index is 12.5. The van der Waals surface area contributed by atoms with Crippen molar-refractivity contribution in [3.05, 3.63) is 35.4 Å². The first kappa shape index (κ1) is 15.9. The highest BCUT2D eigenvalue weighted by Gasteiger charge is 2.29. The Bertz CT molecular complexity index is 615. The SMILES string of the molecule is COC(=O)c1cccc(CS(=O)(=O)N2CCNCC2C)c1. The van der Waals surface area contributed by atoms with Crippen molar-refractivity contribution in [2.45, 2.75) is 18.7 Å². The van der Waals surface area contributed by atoms with Crippen LogP contribution < -0.4 is 5.32 Å². The summed E-state index contributed by atoms with van der Waals surface area (Å²) < 4.78 is 31.2. The molecule has 1 fully saturated rings. The van der Waals surface area contributed by atoms with Gasteiger partial charge in [-0.05, 0) is 24.6 Å². The van der Waals surface area contributed by atoms with E-state index in [-0.39, 0.29) is 11.8 Å². The van der Waals surface area contributed by atoms with Gasteiger partial charge in [-0.15, -0.1) is 0 Å². The lowest BCUT2D eigenvalue weighted by atomic mass is 10.1. The molecule has 6 nitrogen and oxygen atoms in total. The third kappa shape index (κ3) is 3.81. The quantitative estimate of drug-likeness (QED) is 0.824. The molecule has 1 aliphatic rings. The third-order valence-corrected chi connectivity index (χ3v) is 5.45. The van der Waals surface area contributed by atoms with Crippen molar-refractivity contribution in [2.24, 2.45) is 0 Å². The molecular weight excluding hydrogens is 292 g/mol. The van der Waals surface area contributed by atoms with E-state index in [0.717, 1.165) is 0 Å². The molecule has 1 atom stereocenters. The van der Waals surface area contributed by atoms with Crippen LogP contribution in [0.4, 0.5) is 0 Å². The van der Waals surface area contributed by atoms with Crippen LogP contribution in [0.25, 0.3) is 0 Å². The second-order valence-corrected chi connectivity index (χ2v) is 7.03. The van der Waals surface area contributed by atoms with Crippen molar-refractivity contribution in [1.82, 2.24) is 9.62 Å². The highest BCUT2D eigenvalue weighted by atomic mass is 32.2. The first-order chi connectivity index (χ1) is 9.94. The lowest BCUT2D eigenvalue weighted by molar-refractivity contribution is 0.0600. The van der Waals surface area contributed by atoms with Crippen LogP contribution in [0, 0.1) is 0 Å². The minimum atomic E-state index is -3.39. The zero-order valence-electron chi connectivity index (χ0n) is 12.2. The minimum absolute atomic E-state index is 0.0625. The van der Waals surface area contributed by atoms with E-state index in [1.54, 1.807) is 24.3 Å². The van der Waals surface area contributed by atoms with E-state index in [2.05, 4.69) is 10.1 Å². The fraction of sp³-hybridized carbons (Fsp3) is 0.500. The van der Waals surface area contributed by atoms with Crippen LogP contribution in [0.1, 0.15) is 22.8 Å². The summed E-state index contributed by atoms with van der Waals surface area (Å²) in [5.74, 6) is -0.577. The molecule has 1 N–H and O–H groups in total. The van der Waals surface area contributed by atoms with Crippen LogP contribution >= 0.6 is 0 Å². The van der Waals surface area contributed by atoms with Gasteiger partial charge in [0.25, 0.3) is 0 Å². The molecule has 0 amide bonds. The Balaban J connectivity index is 2.18. The highest BCUT2D eigenvalue weighted by Crippen LogP contribution is 2.16. The van der Waals surface area contributed by atoms with Gasteiger partial charge in [0.05, 0.1) is 18.4 Å². The number of carbonyl (C=O) groups is 1. The Kier molecular flexibility index (Phi) is 4.97. The maximum absolute atomic E-state index is 12.5. The lowest BCUT2D eigenvalue weighted by Crippen LogP contribution is -2.52. The summed E-state index contributed by atoms with van der Waals surface area (Å²) in [6.07, 6.45) is 0.